The molecule has 3 aromatic carbocycles. The average molecular weight is 343 g/mol. The van der Waals surface area contributed by atoms with Crippen molar-refractivity contribution in [3.63, 3.8) is 0 Å². The van der Waals surface area contributed by atoms with Gasteiger partial charge in [-0.2, -0.15) is 0 Å². The Morgan fingerprint density at radius 1 is 1.00 bits per heavy atom. The summed E-state index contributed by atoms with van der Waals surface area (Å²) >= 11 is 0. The van der Waals surface area contributed by atoms with Crippen LogP contribution in [-0.4, -0.2) is 12.8 Å². The molecule has 0 amide bonds. The van der Waals surface area contributed by atoms with E-state index in [4.69, 9.17) is 15.2 Å². The number of benzene rings is 3. The van der Waals surface area contributed by atoms with E-state index in [1.165, 1.54) is 16.5 Å². The zero-order valence-electron chi connectivity index (χ0n) is 14.0. The van der Waals surface area contributed by atoms with E-state index in [2.05, 4.69) is 46.7 Å². The lowest BCUT2D eigenvalue weighted by Gasteiger charge is -2.11. The average Bonchev–Trinajstić information content (AvgIpc) is 3.30. The van der Waals surface area contributed by atoms with Gasteiger partial charge in [-0.05, 0) is 40.3 Å². The van der Waals surface area contributed by atoms with E-state index in [0.29, 0.717) is 12.5 Å². The minimum absolute atomic E-state index is 0.270. The van der Waals surface area contributed by atoms with E-state index in [0.717, 1.165) is 28.1 Å². The van der Waals surface area contributed by atoms with Gasteiger partial charge in [0, 0.05) is 11.1 Å². The summed E-state index contributed by atoms with van der Waals surface area (Å²) in [6.45, 7) is 0.740. The van der Waals surface area contributed by atoms with Gasteiger partial charge in [-0.15, -0.1) is 0 Å². The number of hydrogen-bond acceptors (Lipinski definition) is 3. The summed E-state index contributed by atoms with van der Waals surface area (Å²) in [5.74, 6) is 1.91. The molecule has 0 saturated carbocycles. The standard InChI is InChI=1S/C21H17N3O2/c22-21(23-11-13-4-9-18-19(10-13)26-12-25-18)24-17-8-7-15-6-5-14-2-1-3-16(17)20(14)15/h1-10H,11-12H2,(H3,22,23,24). The third-order valence-electron chi connectivity index (χ3n) is 4.68. The van der Waals surface area contributed by atoms with Crippen LogP contribution < -0.4 is 20.5 Å². The number of nitrogens with two attached hydrogens (primary N) is 1. The Morgan fingerprint density at radius 3 is 2.77 bits per heavy atom. The number of anilines is 1. The van der Waals surface area contributed by atoms with Crippen LogP contribution in [0.15, 0.2) is 53.5 Å². The van der Waals surface area contributed by atoms with E-state index in [9.17, 15) is 0 Å². The van der Waals surface area contributed by atoms with Crippen LogP contribution in [0.5, 0.6) is 11.5 Å². The van der Waals surface area contributed by atoms with Gasteiger partial charge in [0.25, 0.3) is 0 Å². The molecular weight excluding hydrogens is 326 g/mol. The Hall–Kier alpha value is -3.47. The maximum absolute atomic E-state index is 6.12. The molecule has 0 unspecified atom stereocenters. The first-order chi connectivity index (χ1) is 12.8. The summed E-state index contributed by atoms with van der Waals surface area (Å²) in [6, 6.07) is 16.2. The number of nitrogens with one attached hydrogen (secondary N) is 1. The Balaban J connectivity index is 1.38. The fraction of sp³-hybridized carbons (Fsp3) is 0.0952. The fourth-order valence-corrected chi connectivity index (χ4v) is 3.42. The minimum Gasteiger partial charge on any atom is -0.454 e. The molecule has 0 spiro atoms. The number of aliphatic imine (C=N–C) groups is 1. The number of rotatable bonds is 3. The van der Waals surface area contributed by atoms with E-state index in [-0.39, 0.29) is 6.79 Å². The van der Waals surface area contributed by atoms with E-state index < -0.39 is 0 Å². The molecule has 5 heteroatoms. The summed E-state index contributed by atoms with van der Waals surface area (Å²) in [7, 11) is 0. The summed E-state index contributed by atoms with van der Waals surface area (Å²) in [5.41, 5.74) is 10.6. The quantitative estimate of drug-likeness (QED) is 0.436. The Bertz CT molecular complexity index is 1070. The van der Waals surface area contributed by atoms with Crippen molar-refractivity contribution in [3.8, 4) is 11.5 Å². The van der Waals surface area contributed by atoms with Gasteiger partial charge in [0.15, 0.2) is 17.5 Å². The summed E-state index contributed by atoms with van der Waals surface area (Å²) < 4.78 is 10.7. The Morgan fingerprint density at radius 2 is 1.85 bits per heavy atom. The lowest BCUT2D eigenvalue weighted by molar-refractivity contribution is 0.174. The highest BCUT2D eigenvalue weighted by molar-refractivity contribution is 6.11. The number of nitrogens with zero attached hydrogens (tertiary/aromatic N) is 1. The normalized spacial score (nSPS) is 14.2. The molecule has 3 aromatic rings. The van der Waals surface area contributed by atoms with Crippen molar-refractivity contribution in [1.29, 1.82) is 0 Å². The molecule has 128 valence electrons. The monoisotopic (exact) mass is 343 g/mol. The van der Waals surface area contributed by atoms with E-state index in [1.807, 2.05) is 24.3 Å². The maximum atomic E-state index is 6.12. The highest BCUT2D eigenvalue weighted by atomic mass is 16.7. The van der Waals surface area contributed by atoms with Crippen LogP contribution in [0.3, 0.4) is 0 Å². The minimum atomic E-state index is 0.270. The van der Waals surface area contributed by atoms with Gasteiger partial charge in [-0.25, -0.2) is 4.99 Å². The smallest absolute Gasteiger partial charge is 0.231 e. The second-order valence-electron chi connectivity index (χ2n) is 6.32. The molecule has 1 aliphatic heterocycles. The topological polar surface area (TPSA) is 68.9 Å². The third kappa shape index (κ3) is 2.45. The molecule has 5 nitrogen and oxygen atoms in total. The molecule has 0 bridgehead atoms. The fourth-order valence-electron chi connectivity index (χ4n) is 3.42. The summed E-state index contributed by atoms with van der Waals surface area (Å²) in [5, 5.41) is 5.63. The largest absolute Gasteiger partial charge is 0.454 e. The molecule has 0 saturated heterocycles. The summed E-state index contributed by atoms with van der Waals surface area (Å²) in [6.07, 6.45) is 4.27. The summed E-state index contributed by atoms with van der Waals surface area (Å²) in [4.78, 5) is 4.45. The van der Waals surface area contributed by atoms with Crippen molar-refractivity contribution in [3.05, 3.63) is 65.2 Å². The number of ether oxygens (including phenoxy) is 2. The maximum Gasteiger partial charge on any atom is 0.231 e. The molecule has 26 heavy (non-hydrogen) atoms. The molecule has 0 fully saturated rings. The van der Waals surface area contributed by atoms with Gasteiger partial charge >= 0.3 is 0 Å². The lowest BCUT2D eigenvalue weighted by atomic mass is 10.0. The van der Waals surface area contributed by atoms with Crippen molar-refractivity contribution in [2.24, 2.45) is 10.7 Å². The SMILES string of the molecule is NC(=NCc1ccc2c(c1)OCO2)Nc1ccc2c3c(cccc13)C=C2. The number of guanidine groups is 1. The third-order valence-corrected chi connectivity index (χ3v) is 4.68. The Labute approximate surface area is 150 Å². The van der Waals surface area contributed by atoms with Crippen molar-refractivity contribution < 1.29 is 9.47 Å². The second-order valence-corrected chi connectivity index (χ2v) is 6.32. The molecule has 0 atom stereocenters. The van der Waals surface area contributed by atoms with Gasteiger partial charge in [0.1, 0.15) is 0 Å². The van der Waals surface area contributed by atoms with Gasteiger partial charge in [0.05, 0.1) is 6.54 Å². The van der Waals surface area contributed by atoms with Crippen LogP contribution in [0.2, 0.25) is 0 Å². The van der Waals surface area contributed by atoms with Crippen LogP contribution in [0.4, 0.5) is 5.69 Å². The molecule has 5 rings (SSSR count). The molecular formula is C21H17N3O2. The first-order valence-corrected chi connectivity index (χ1v) is 8.47. The van der Waals surface area contributed by atoms with Gasteiger partial charge in [0.2, 0.25) is 6.79 Å². The van der Waals surface area contributed by atoms with Crippen molar-refractivity contribution in [2.75, 3.05) is 12.1 Å². The second kappa shape index (κ2) is 5.81. The highest BCUT2D eigenvalue weighted by Crippen LogP contribution is 2.35. The molecule has 0 radical (unpaired) electrons. The zero-order chi connectivity index (χ0) is 17.5. The van der Waals surface area contributed by atoms with Gasteiger partial charge in [-0.1, -0.05) is 42.5 Å². The van der Waals surface area contributed by atoms with E-state index in [1.54, 1.807) is 0 Å². The van der Waals surface area contributed by atoms with E-state index >= 15 is 0 Å². The molecule has 3 N–H and O–H groups in total. The van der Waals surface area contributed by atoms with Gasteiger partial charge < -0.3 is 20.5 Å². The Kier molecular flexibility index (Phi) is 3.31. The predicted molar refractivity (Wildman–Crippen MR) is 104 cm³/mol. The number of fused-ring (bicyclic) bond motifs is 1. The van der Waals surface area contributed by atoms with Gasteiger partial charge in [-0.3, -0.25) is 0 Å². The molecule has 0 aromatic heterocycles. The molecule has 1 aliphatic carbocycles. The zero-order valence-corrected chi connectivity index (χ0v) is 14.0. The van der Waals surface area contributed by atoms with Crippen LogP contribution in [0, 0.1) is 0 Å². The van der Waals surface area contributed by atoms with Crippen LogP contribution in [-0.2, 0) is 6.54 Å². The lowest BCUT2D eigenvalue weighted by Crippen LogP contribution is -2.22. The van der Waals surface area contributed by atoms with Crippen molar-refractivity contribution in [2.45, 2.75) is 6.54 Å². The first-order valence-electron chi connectivity index (χ1n) is 8.47. The van der Waals surface area contributed by atoms with Crippen LogP contribution in [0.25, 0.3) is 22.9 Å². The molecule has 2 aliphatic rings. The first kappa shape index (κ1) is 14.8. The molecule has 1 heterocycles. The van der Waals surface area contributed by atoms with Crippen molar-refractivity contribution in [1.82, 2.24) is 0 Å². The van der Waals surface area contributed by atoms with Crippen LogP contribution >= 0.6 is 0 Å². The highest BCUT2D eigenvalue weighted by Gasteiger charge is 2.14. The number of hydrogen-bond donors (Lipinski definition) is 2. The van der Waals surface area contributed by atoms with Crippen molar-refractivity contribution >= 4 is 34.6 Å². The van der Waals surface area contributed by atoms with Crippen LogP contribution in [0.1, 0.15) is 16.7 Å². The predicted octanol–water partition coefficient (Wildman–Crippen LogP) is 3.98.